The van der Waals surface area contributed by atoms with Crippen molar-refractivity contribution in [2.45, 2.75) is 25.6 Å². The lowest BCUT2D eigenvalue weighted by molar-refractivity contribution is -0.179. The molecule has 3 unspecified atom stereocenters. The van der Waals surface area contributed by atoms with Crippen molar-refractivity contribution in [3.63, 3.8) is 0 Å². The minimum atomic E-state index is -4.47. The molecule has 1 heterocycles. The summed E-state index contributed by atoms with van der Waals surface area (Å²) in [5.74, 6) is -4.54. The highest BCUT2D eigenvalue weighted by atomic mass is 35.5. The van der Waals surface area contributed by atoms with Crippen LogP contribution in [0.15, 0.2) is 49.1 Å². The number of alkyl halides is 3. The molecular weight excluding hydrogens is 436 g/mol. The second-order valence-electron chi connectivity index (χ2n) is 7.32. The molecule has 31 heavy (non-hydrogen) atoms. The predicted octanol–water partition coefficient (Wildman–Crippen LogP) is 5.64. The van der Waals surface area contributed by atoms with Crippen LogP contribution in [-0.2, 0) is 4.79 Å². The first-order chi connectivity index (χ1) is 14.5. The average molecular weight is 455 g/mol. The van der Waals surface area contributed by atoms with E-state index in [1.165, 1.54) is 36.4 Å². The van der Waals surface area contributed by atoms with E-state index in [0.717, 1.165) is 13.0 Å². The van der Waals surface area contributed by atoms with E-state index in [9.17, 15) is 27.2 Å². The standard InChI is InChI=1S/C22H19ClF4N2O2/c1-3-12(11(2)22(25,26)27)9-18(30)28-17-6-4-5-14-19(17)20(29-21(14)31)15-10-13(24)7-8-16(15)23/h3-8,10-12,20H,1,9H2,2H3,(H,28,30)(H,29,31). The molecule has 2 aromatic carbocycles. The zero-order valence-electron chi connectivity index (χ0n) is 16.4. The Morgan fingerprint density at radius 1 is 1.32 bits per heavy atom. The van der Waals surface area contributed by atoms with Crippen molar-refractivity contribution in [2.24, 2.45) is 11.8 Å². The van der Waals surface area contributed by atoms with Gasteiger partial charge in [-0.25, -0.2) is 4.39 Å². The van der Waals surface area contributed by atoms with Crippen LogP contribution in [0.4, 0.5) is 23.2 Å². The summed E-state index contributed by atoms with van der Waals surface area (Å²) in [5.41, 5.74) is 1.15. The molecule has 1 aliphatic heterocycles. The van der Waals surface area contributed by atoms with Crippen LogP contribution < -0.4 is 10.6 Å². The van der Waals surface area contributed by atoms with Crippen LogP contribution in [0.3, 0.4) is 0 Å². The summed E-state index contributed by atoms with van der Waals surface area (Å²) in [7, 11) is 0. The monoisotopic (exact) mass is 454 g/mol. The molecule has 0 spiro atoms. The van der Waals surface area contributed by atoms with E-state index >= 15 is 0 Å². The summed E-state index contributed by atoms with van der Waals surface area (Å²) in [6.45, 7) is 4.40. The Labute approximate surface area is 181 Å². The second-order valence-corrected chi connectivity index (χ2v) is 7.73. The van der Waals surface area contributed by atoms with Crippen LogP contribution in [0.25, 0.3) is 0 Å². The van der Waals surface area contributed by atoms with Gasteiger partial charge in [-0.05, 0) is 36.2 Å². The molecule has 2 aromatic rings. The molecule has 0 saturated carbocycles. The smallest absolute Gasteiger partial charge is 0.341 e. The maximum atomic E-state index is 13.8. The molecule has 0 aromatic heterocycles. The number of hydrogen-bond acceptors (Lipinski definition) is 2. The van der Waals surface area contributed by atoms with Crippen LogP contribution >= 0.6 is 11.6 Å². The quantitative estimate of drug-likeness (QED) is 0.438. The van der Waals surface area contributed by atoms with E-state index in [2.05, 4.69) is 17.2 Å². The van der Waals surface area contributed by atoms with Gasteiger partial charge in [-0.1, -0.05) is 30.7 Å². The minimum absolute atomic E-state index is 0.214. The molecule has 4 nitrogen and oxygen atoms in total. The Hall–Kier alpha value is -2.87. The number of rotatable bonds is 6. The van der Waals surface area contributed by atoms with Gasteiger partial charge in [-0.15, -0.1) is 6.58 Å². The first kappa shape index (κ1) is 22.8. The van der Waals surface area contributed by atoms with E-state index in [0.29, 0.717) is 11.1 Å². The maximum absolute atomic E-state index is 13.8. The van der Waals surface area contributed by atoms with Crippen LogP contribution in [0.2, 0.25) is 5.02 Å². The summed E-state index contributed by atoms with van der Waals surface area (Å²) in [6, 6.07) is 7.47. The van der Waals surface area contributed by atoms with E-state index in [1.54, 1.807) is 0 Å². The number of amides is 2. The summed E-state index contributed by atoms with van der Waals surface area (Å²) in [4.78, 5) is 24.9. The number of carbonyl (C=O) groups excluding carboxylic acids is 2. The molecule has 164 valence electrons. The van der Waals surface area contributed by atoms with Gasteiger partial charge >= 0.3 is 6.18 Å². The van der Waals surface area contributed by atoms with Gasteiger partial charge in [0.25, 0.3) is 5.91 Å². The number of hydrogen-bond donors (Lipinski definition) is 2. The molecule has 0 aliphatic carbocycles. The Morgan fingerprint density at radius 2 is 2.03 bits per heavy atom. The van der Waals surface area contributed by atoms with Crippen LogP contribution in [0.5, 0.6) is 0 Å². The van der Waals surface area contributed by atoms with Crippen molar-refractivity contribution in [3.8, 4) is 0 Å². The molecule has 0 saturated heterocycles. The normalized spacial score (nSPS) is 17.5. The fourth-order valence-corrected chi connectivity index (χ4v) is 3.78. The van der Waals surface area contributed by atoms with Crippen molar-refractivity contribution >= 4 is 29.1 Å². The summed E-state index contributed by atoms with van der Waals surface area (Å²) < 4.78 is 52.9. The molecule has 3 rings (SSSR count). The third kappa shape index (κ3) is 4.74. The van der Waals surface area contributed by atoms with E-state index in [1.807, 2.05) is 0 Å². The summed E-state index contributed by atoms with van der Waals surface area (Å²) >= 11 is 6.19. The minimum Gasteiger partial charge on any atom is -0.341 e. The lowest BCUT2D eigenvalue weighted by atomic mass is 9.90. The van der Waals surface area contributed by atoms with Crippen LogP contribution in [0, 0.1) is 17.7 Å². The predicted molar refractivity (Wildman–Crippen MR) is 109 cm³/mol. The molecule has 0 fully saturated rings. The van der Waals surface area contributed by atoms with E-state index in [4.69, 9.17) is 11.6 Å². The van der Waals surface area contributed by atoms with Crippen molar-refractivity contribution in [3.05, 3.63) is 76.6 Å². The van der Waals surface area contributed by atoms with Gasteiger partial charge < -0.3 is 10.6 Å². The molecule has 2 amide bonds. The lowest BCUT2D eigenvalue weighted by Gasteiger charge is -2.23. The van der Waals surface area contributed by atoms with Gasteiger partial charge in [0, 0.05) is 33.8 Å². The zero-order chi connectivity index (χ0) is 22.9. The fourth-order valence-electron chi connectivity index (χ4n) is 3.56. The highest BCUT2D eigenvalue weighted by Gasteiger charge is 2.41. The molecule has 0 radical (unpaired) electrons. The Bertz CT molecular complexity index is 1040. The largest absolute Gasteiger partial charge is 0.392 e. The summed E-state index contributed by atoms with van der Waals surface area (Å²) in [5, 5.41) is 5.50. The molecule has 1 aliphatic rings. The Kier molecular flexibility index (Phi) is 6.40. The number of anilines is 1. The maximum Gasteiger partial charge on any atom is 0.392 e. The van der Waals surface area contributed by atoms with Crippen molar-refractivity contribution in [2.75, 3.05) is 5.32 Å². The first-order valence-electron chi connectivity index (χ1n) is 9.40. The summed E-state index contributed by atoms with van der Waals surface area (Å²) in [6.07, 6.45) is -3.81. The highest BCUT2D eigenvalue weighted by Crippen LogP contribution is 2.39. The Morgan fingerprint density at radius 3 is 2.68 bits per heavy atom. The van der Waals surface area contributed by atoms with Gasteiger partial charge in [0.05, 0.1) is 12.0 Å². The van der Waals surface area contributed by atoms with E-state index in [-0.39, 0.29) is 16.3 Å². The number of allylic oxidation sites excluding steroid dienone is 1. The SMILES string of the molecule is C=CC(CC(=O)Nc1cccc2c1C(c1cc(F)ccc1Cl)NC2=O)C(C)C(F)(F)F. The van der Waals surface area contributed by atoms with Crippen molar-refractivity contribution in [1.82, 2.24) is 5.32 Å². The zero-order valence-corrected chi connectivity index (χ0v) is 17.1. The van der Waals surface area contributed by atoms with Gasteiger partial charge in [-0.3, -0.25) is 9.59 Å². The highest BCUT2D eigenvalue weighted by molar-refractivity contribution is 6.31. The molecular formula is C22H19ClF4N2O2. The molecule has 0 bridgehead atoms. The number of halogens is 5. The van der Waals surface area contributed by atoms with Gasteiger partial charge in [-0.2, -0.15) is 13.2 Å². The van der Waals surface area contributed by atoms with Gasteiger partial charge in [0.15, 0.2) is 0 Å². The van der Waals surface area contributed by atoms with Crippen LogP contribution in [0.1, 0.15) is 40.9 Å². The molecule has 3 atom stereocenters. The molecule has 2 N–H and O–H groups in total. The first-order valence-corrected chi connectivity index (χ1v) is 9.78. The second kappa shape index (κ2) is 8.70. The Balaban J connectivity index is 1.91. The van der Waals surface area contributed by atoms with Crippen molar-refractivity contribution < 1.29 is 27.2 Å². The lowest BCUT2D eigenvalue weighted by Crippen LogP contribution is -2.29. The fraction of sp³-hybridized carbons (Fsp3) is 0.273. The van der Waals surface area contributed by atoms with Crippen LogP contribution in [-0.4, -0.2) is 18.0 Å². The number of carbonyl (C=O) groups is 2. The van der Waals surface area contributed by atoms with Gasteiger partial charge in [0.1, 0.15) is 5.82 Å². The number of fused-ring (bicyclic) bond motifs is 1. The van der Waals surface area contributed by atoms with Gasteiger partial charge in [0.2, 0.25) is 5.91 Å². The van der Waals surface area contributed by atoms with Crippen molar-refractivity contribution in [1.29, 1.82) is 0 Å². The number of benzene rings is 2. The number of nitrogens with one attached hydrogen (secondary N) is 2. The van der Waals surface area contributed by atoms with E-state index < -0.39 is 48.1 Å². The average Bonchev–Trinajstić information content (AvgIpc) is 3.04. The third-order valence-corrected chi connectivity index (χ3v) is 5.68. The third-order valence-electron chi connectivity index (χ3n) is 5.34. The topological polar surface area (TPSA) is 58.2 Å². The molecule has 9 heteroatoms.